The summed E-state index contributed by atoms with van der Waals surface area (Å²) in [5.41, 5.74) is 0.392. The smallest absolute Gasteiger partial charge is 0.352 e. The first-order chi connectivity index (χ1) is 11.6. The summed E-state index contributed by atoms with van der Waals surface area (Å²) < 4.78 is 10.4. The van der Waals surface area contributed by atoms with Gasteiger partial charge in [0.05, 0.1) is 5.56 Å². The van der Waals surface area contributed by atoms with E-state index in [0.29, 0.717) is 11.3 Å². The monoisotopic (exact) mass is 320 g/mol. The second kappa shape index (κ2) is 6.96. The summed E-state index contributed by atoms with van der Waals surface area (Å²) in [5.74, 6) is -0.755. The molecule has 1 atom stereocenters. The van der Waals surface area contributed by atoms with Crippen molar-refractivity contribution in [2.75, 3.05) is 0 Å². The molecule has 4 nitrogen and oxygen atoms in total. The lowest BCUT2D eigenvalue weighted by Crippen LogP contribution is -2.28. The van der Waals surface area contributed by atoms with Gasteiger partial charge in [-0.3, -0.25) is 0 Å². The fourth-order valence-corrected chi connectivity index (χ4v) is 2.28. The molecule has 0 aromatic heterocycles. The molecule has 24 heavy (non-hydrogen) atoms. The zero-order chi connectivity index (χ0) is 16.9. The first kappa shape index (κ1) is 15.7. The molecule has 0 bridgehead atoms. The molecule has 1 unspecified atom stereocenters. The van der Waals surface area contributed by atoms with Crippen LogP contribution in [0.3, 0.4) is 0 Å². The molecule has 0 spiro atoms. The number of benzene rings is 3. The van der Waals surface area contributed by atoms with Gasteiger partial charge in [-0.2, -0.15) is 0 Å². The molecule has 4 heteroatoms. The van der Waals surface area contributed by atoms with Crippen molar-refractivity contribution in [2.24, 2.45) is 0 Å². The van der Waals surface area contributed by atoms with E-state index < -0.39 is 18.0 Å². The number of carbonyl (C=O) groups excluding carboxylic acids is 2. The van der Waals surface area contributed by atoms with Crippen molar-refractivity contribution in [3.05, 3.63) is 78.4 Å². The van der Waals surface area contributed by atoms with E-state index in [0.717, 1.165) is 10.8 Å². The Hall–Kier alpha value is -3.14. The van der Waals surface area contributed by atoms with Gasteiger partial charge in [-0.25, -0.2) is 9.59 Å². The highest BCUT2D eigenvalue weighted by Gasteiger charge is 2.21. The molecule has 3 aromatic carbocycles. The summed E-state index contributed by atoms with van der Waals surface area (Å²) in [6.45, 7) is 1.49. The largest absolute Gasteiger partial charge is 0.447 e. The van der Waals surface area contributed by atoms with E-state index in [2.05, 4.69) is 0 Å². The van der Waals surface area contributed by atoms with E-state index in [1.165, 1.54) is 6.92 Å². The molecule has 0 saturated carbocycles. The normalized spacial score (nSPS) is 11.7. The predicted molar refractivity (Wildman–Crippen MR) is 90.9 cm³/mol. The number of ether oxygens (including phenoxy) is 2. The molecule has 0 aliphatic heterocycles. The van der Waals surface area contributed by atoms with E-state index >= 15 is 0 Å². The van der Waals surface area contributed by atoms with Crippen LogP contribution in [0.1, 0.15) is 17.3 Å². The molecule has 0 heterocycles. The first-order valence-corrected chi connectivity index (χ1v) is 7.60. The van der Waals surface area contributed by atoms with Crippen LogP contribution in [-0.2, 0) is 9.53 Å². The predicted octanol–water partition coefficient (Wildman–Crippen LogP) is 3.99. The SMILES string of the molecule is CC(OC(=O)c1ccccc1)C(=O)Oc1ccc2ccccc2c1. The Labute approximate surface area is 139 Å². The van der Waals surface area contributed by atoms with Crippen molar-refractivity contribution in [3.63, 3.8) is 0 Å². The minimum atomic E-state index is -0.996. The Morgan fingerprint density at radius 3 is 2.25 bits per heavy atom. The van der Waals surface area contributed by atoms with Crippen molar-refractivity contribution < 1.29 is 19.1 Å². The maximum atomic E-state index is 12.1. The van der Waals surface area contributed by atoms with E-state index in [1.807, 2.05) is 30.3 Å². The van der Waals surface area contributed by atoms with Crippen LogP contribution in [0.15, 0.2) is 72.8 Å². The first-order valence-electron chi connectivity index (χ1n) is 7.60. The summed E-state index contributed by atoms with van der Waals surface area (Å²) >= 11 is 0. The Balaban J connectivity index is 1.66. The summed E-state index contributed by atoms with van der Waals surface area (Å²) in [4.78, 5) is 24.1. The van der Waals surface area contributed by atoms with E-state index in [9.17, 15) is 9.59 Å². The number of hydrogen-bond acceptors (Lipinski definition) is 4. The molecule has 0 saturated heterocycles. The van der Waals surface area contributed by atoms with Crippen LogP contribution in [0.4, 0.5) is 0 Å². The van der Waals surface area contributed by atoms with Crippen LogP contribution in [0.2, 0.25) is 0 Å². The molecular formula is C20H16O4. The van der Waals surface area contributed by atoms with Crippen LogP contribution >= 0.6 is 0 Å². The van der Waals surface area contributed by atoms with Crippen LogP contribution in [-0.4, -0.2) is 18.0 Å². The third-order valence-electron chi connectivity index (χ3n) is 3.56. The molecule has 0 fully saturated rings. The minimum Gasteiger partial charge on any atom is -0.447 e. The van der Waals surface area contributed by atoms with Crippen LogP contribution in [0.25, 0.3) is 10.8 Å². The summed E-state index contributed by atoms with van der Waals surface area (Å²) in [5, 5.41) is 2.03. The lowest BCUT2D eigenvalue weighted by molar-refractivity contribution is -0.143. The number of hydrogen-bond donors (Lipinski definition) is 0. The minimum absolute atomic E-state index is 0.392. The summed E-state index contributed by atoms with van der Waals surface area (Å²) in [7, 11) is 0. The van der Waals surface area contributed by atoms with Gasteiger partial charge in [0.25, 0.3) is 0 Å². The Bertz CT molecular complexity index is 871. The maximum Gasteiger partial charge on any atom is 0.352 e. The Morgan fingerprint density at radius 2 is 1.50 bits per heavy atom. The van der Waals surface area contributed by atoms with Gasteiger partial charge < -0.3 is 9.47 Å². The lowest BCUT2D eigenvalue weighted by atomic mass is 10.1. The highest BCUT2D eigenvalue weighted by Crippen LogP contribution is 2.21. The van der Waals surface area contributed by atoms with Crippen molar-refractivity contribution in [2.45, 2.75) is 13.0 Å². The molecule has 3 aromatic rings. The number of esters is 2. The summed E-state index contributed by atoms with van der Waals surface area (Å²) in [6, 6.07) is 21.7. The van der Waals surface area contributed by atoms with Crippen molar-refractivity contribution in [3.8, 4) is 5.75 Å². The van der Waals surface area contributed by atoms with Crippen molar-refractivity contribution >= 4 is 22.7 Å². The van der Waals surface area contributed by atoms with Gasteiger partial charge in [-0.15, -0.1) is 0 Å². The van der Waals surface area contributed by atoms with E-state index in [4.69, 9.17) is 9.47 Å². The summed E-state index contributed by atoms with van der Waals surface area (Å²) in [6.07, 6.45) is -0.996. The second-order valence-corrected chi connectivity index (χ2v) is 5.34. The van der Waals surface area contributed by atoms with Gasteiger partial charge in [0.15, 0.2) is 6.10 Å². The molecule has 120 valence electrons. The fourth-order valence-electron chi connectivity index (χ4n) is 2.28. The average molecular weight is 320 g/mol. The van der Waals surface area contributed by atoms with Gasteiger partial charge in [0, 0.05) is 0 Å². The van der Waals surface area contributed by atoms with Crippen molar-refractivity contribution in [1.82, 2.24) is 0 Å². The van der Waals surface area contributed by atoms with Gasteiger partial charge in [0.2, 0.25) is 0 Å². The van der Waals surface area contributed by atoms with E-state index in [-0.39, 0.29) is 0 Å². The van der Waals surface area contributed by atoms with Crippen LogP contribution in [0.5, 0.6) is 5.75 Å². The van der Waals surface area contributed by atoms with E-state index in [1.54, 1.807) is 42.5 Å². The standard InChI is InChI=1S/C20H16O4/c1-14(23-20(22)16-8-3-2-4-9-16)19(21)24-18-12-11-15-7-5-6-10-17(15)13-18/h2-14H,1H3. The van der Waals surface area contributed by atoms with Gasteiger partial charge in [0.1, 0.15) is 5.75 Å². The molecule has 0 amide bonds. The fraction of sp³-hybridized carbons (Fsp3) is 0.100. The third-order valence-corrected chi connectivity index (χ3v) is 3.56. The highest BCUT2D eigenvalue weighted by atomic mass is 16.6. The molecule has 0 aliphatic rings. The maximum absolute atomic E-state index is 12.1. The third kappa shape index (κ3) is 3.60. The molecular weight excluding hydrogens is 304 g/mol. The zero-order valence-corrected chi connectivity index (χ0v) is 13.1. The van der Waals surface area contributed by atoms with Crippen LogP contribution in [0, 0.1) is 0 Å². The lowest BCUT2D eigenvalue weighted by Gasteiger charge is -2.13. The van der Waals surface area contributed by atoms with Gasteiger partial charge in [-0.05, 0) is 42.0 Å². The van der Waals surface area contributed by atoms with Crippen molar-refractivity contribution in [1.29, 1.82) is 0 Å². The molecule has 3 rings (SSSR count). The van der Waals surface area contributed by atoms with Gasteiger partial charge >= 0.3 is 11.9 Å². The number of rotatable bonds is 4. The number of carbonyl (C=O) groups is 2. The Kier molecular flexibility index (Phi) is 4.57. The quantitative estimate of drug-likeness (QED) is 0.539. The topological polar surface area (TPSA) is 52.6 Å². The Morgan fingerprint density at radius 1 is 0.833 bits per heavy atom. The molecule has 0 radical (unpaired) electrons. The average Bonchev–Trinajstić information content (AvgIpc) is 2.62. The molecule has 0 N–H and O–H groups in total. The highest BCUT2D eigenvalue weighted by molar-refractivity contribution is 5.91. The van der Waals surface area contributed by atoms with Gasteiger partial charge in [-0.1, -0.05) is 48.5 Å². The second-order valence-electron chi connectivity index (χ2n) is 5.34. The zero-order valence-electron chi connectivity index (χ0n) is 13.1. The van der Waals surface area contributed by atoms with Crippen LogP contribution < -0.4 is 4.74 Å². The number of fused-ring (bicyclic) bond motifs is 1. The molecule has 0 aliphatic carbocycles.